The molecule has 0 spiro atoms. The van der Waals surface area contributed by atoms with E-state index in [9.17, 15) is 0 Å². The first-order chi connectivity index (χ1) is 11.3. The lowest BCUT2D eigenvalue weighted by Crippen LogP contribution is -1.89. The van der Waals surface area contributed by atoms with Crippen molar-refractivity contribution in [1.29, 1.82) is 0 Å². The average molecular weight is 470 g/mol. The first-order valence-electron chi connectivity index (χ1n) is 8.78. The molecule has 0 aliphatic carbocycles. The molecular formula is C18H31IO4S. The molecule has 24 heavy (non-hydrogen) atoms. The summed E-state index contributed by atoms with van der Waals surface area (Å²) in [6.07, 6.45) is 15.5. The molecule has 0 amide bonds. The fourth-order valence-electron chi connectivity index (χ4n) is 2.50. The van der Waals surface area contributed by atoms with Crippen molar-refractivity contribution in [2.45, 2.75) is 77.6 Å². The van der Waals surface area contributed by atoms with Gasteiger partial charge in [-0.15, -0.1) is 0 Å². The van der Waals surface area contributed by atoms with Crippen molar-refractivity contribution in [2.24, 2.45) is 0 Å². The third-order valence-electron chi connectivity index (χ3n) is 3.76. The van der Waals surface area contributed by atoms with E-state index < -0.39 is 10.4 Å². The fraction of sp³-hybridized carbons (Fsp3) is 0.667. The first kappa shape index (κ1) is 23.8. The summed E-state index contributed by atoms with van der Waals surface area (Å²) in [6, 6.07) is 8.78. The smallest absolute Gasteiger partial charge is 0.264 e. The van der Waals surface area contributed by atoms with Gasteiger partial charge in [0.1, 0.15) is 0 Å². The Bertz CT molecular complexity index is 510. The summed E-state index contributed by atoms with van der Waals surface area (Å²) in [7, 11) is -4.67. The minimum absolute atomic E-state index is 1.26. The third kappa shape index (κ3) is 18.2. The molecule has 1 aromatic rings. The minimum Gasteiger partial charge on any atom is -0.264 e. The van der Waals surface area contributed by atoms with E-state index in [0.717, 1.165) is 0 Å². The maximum Gasteiger partial charge on any atom is 0.394 e. The molecule has 0 aliphatic heterocycles. The summed E-state index contributed by atoms with van der Waals surface area (Å²) >= 11 is 2.45. The quantitative estimate of drug-likeness (QED) is 0.233. The molecule has 6 heteroatoms. The van der Waals surface area contributed by atoms with Gasteiger partial charge in [-0.2, -0.15) is 8.42 Å². The molecule has 1 aromatic carbocycles. The van der Waals surface area contributed by atoms with Gasteiger partial charge in [0.05, 0.1) is 0 Å². The molecule has 2 N–H and O–H groups in total. The van der Waals surface area contributed by atoms with Crippen molar-refractivity contribution in [3.8, 4) is 0 Å². The van der Waals surface area contributed by atoms with Crippen LogP contribution >= 0.6 is 22.6 Å². The molecule has 0 unspecified atom stereocenters. The zero-order chi connectivity index (χ0) is 18.3. The third-order valence-corrected chi connectivity index (χ3v) is 4.81. The average Bonchev–Trinajstić information content (AvgIpc) is 2.49. The summed E-state index contributed by atoms with van der Waals surface area (Å²) in [4.78, 5) is 0. The van der Waals surface area contributed by atoms with E-state index in [1.807, 2.05) is 0 Å². The number of hydrogen-bond donors (Lipinski definition) is 2. The van der Waals surface area contributed by atoms with Crippen molar-refractivity contribution in [2.75, 3.05) is 0 Å². The van der Waals surface area contributed by atoms with E-state index in [1.165, 1.54) is 79.8 Å². The van der Waals surface area contributed by atoms with Crippen molar-refractivity contribution >= 4 is 33.0 Å². The van der Waals surface area contributed by atoms with Crippen molar-refractivity contribution in [3.05, 3.63) is 33.4 Å². The van der Waals surface area contributed by atoms with Crippen LogP contribution in [0.5, 0.6) is 0 Å². The lowest BCUT2D eigenvalue weighted by molar-refractivity contribution is 0.381. The van der Waals surface area contributed by atoms with Gasteiger partial charge in [0.2, 0.25) is 0 Å². The second-order valence-electron chi connectivity index (χ2n) is 5.97. The highest BCUT2D eigenvalue weighted by molar-refractivity contribution is 14.1. The van der Waals surface area contributed by atoms with Crippen LogP contribution < -0.4 is 0 Å². The number of halogens is 1. The second-order valence-corrected chi connectivity index (χ2v) is 8.03. The van der Waals surface area contributed by atoms with E-state index >= 15 is 0 Å². The van der Waals surface area contributed by atoms with Crippen LogP contribution in [0.1, 0.15) is 76.7 Å². The van der Waals surface area contributed by atoms with Crippen molar-refractivity contribution in [1.82, 2.24) is 0 Å². The molecule has 140 valence electrons. The first-order valence-corrected chi connectivity index (χ1v) is 11.3. The Morgan fingerprint density at radius 2 is 1.25 bits per heavy atom. The highest BCUT2D eigenvalue weighted by Crippen LogP contribution is 2.16. The lowest BCUT2D eigenvalue weighted by Gasteiger charge is -2.04. The summed E-state index contributed by atoms with van der Waals surface area (Å²) in [6.45, 7) is 2.29. The number of rotatable bonds is 11. The topological polar surface area (TPSA) is 74.6 Å². The predicted octanol–water partition coefficient (Wildman–Crippen LogP) is 6.10. The lowest BCUT2D eigenvalue weighted by atomic mass is 10.0. The Morgan fingerprint density at radius 1 is 0.833 bits per heavy atom. The zero-order valence-electron chi connectivity index (χ0n) is 14.6. The molecule has 0 aromatic heterocycles. The van der Waals surface area contributed by atoms with Gasteiger partial charge in [-0.1, -0.05) is 82.9 Å². The normalized spacial score (nSPS) is 11.0. The van der Waals surface area contributed by atoms with E-state index in [1.54, 1.807) is 0 Å². The maximum atomic E-state index is 8.74. The van der Waals surface area contributed by atoms with E-state index in [0.29, 0.717) is 0 Å². The maximum absolute atomic E-state index is 8.74. The number of aryl methyl sites for hydroxylation is 1. The van der Waals surface area contributed by atoms with Crippen LogP contribution in [0.15, 0.2) is 24.3 Å². The largest absolute Gasteiger partial charge is 0.394 e. The van der Waals surface area contributed by atoms with Gasteiger partial charge in [-0.3, -0.25) is 9.11 Å². The van der Waals surface area contributed by atoms with Gasteiger partial charge in [0.25, 0.3) is 0 Å². The number of unbranched alkanes of at least 4 members (excludes halogenated alkanes) is 9. The molecule has 0 fully saturated rings. The number of benzene rings is 1. The fourth-order valence-corrected chi connectivity index (χ4v) is 3.16. The minimum atomic E-state index is -4.67. The van der Waals surface area contributed by atoms with Gasteiger partial charge in [-0.25, -0.2) is 0 Å². The Labute approximate surface area is 161 Å². The molecule has 0 saturated heterocycles. The van der Waals surface area contributed by atoms with Gasteiger partial charge in [0, 0.05) is 3.57 Å². The molecule has 0 radical (unpaired) electrons. The predicted molar refractivity (Wildman–Crippen MR) is 109 cm³/mol. The highest BCUT2D eigenvalue weighted by atomic mass is 127. The Hall–Kier alpha value is -0.180. The summed E-state index contributed by atoms with van der Waals surface area (Å²) < 4.78 is 33.0. The van der Waals surface area contributed by atoms with Gasteiger partial charge >= 0.3 is 10.4 Å². The molecule has 0 aliphatic rings. The van der Waals surface area contributed by atoms with Crippen LogP contribution in [0.4, 0.5) is 0 Å². The molecule has 0 saturated carbocycles. The van der Waals surface area contributed by atoms with Crippen LogP contribution in [0.2, 0.25) is 0 Å². The standard InChI is InChI=1S/C18H29I.H2O4S/c1-2-3-4-5-6-7-8-9-10-11-14-17-15-12-13-16-18(17)19;1-5(2,3)4/h12-13,15-16H,2-11,14H2,1H3;(H2,1,2,3,4). The van der Waals surface area contributed by atoms with Crippen LogP contribution in [-0.4, -0.2) is 17.5 Å². The van der Waals surface area contributed by atoms with Gasteiger partial charge in [0.15, 0.2) is 0 Å². The zero-order valence-corrected chi connectivity index (χ0v) is 17.6. The van der Waals surface area contributed by atoms with E-state index in [4.69, 9.17) is 17.5 Å². The monoisotopic (exact) mass is 470 g/mol. The van der Waals surface area contributed by atoms with Crippen molar-refractivity contribution < 1.29 is 17.5 Å². The molecule has 0 heterocycles. The van der Waals surface area contributed by atoms with E-state index in [-0.39, 0.29) is 0 Å². The van der Waals surface area contributed by atoms with E-state index in [2.05, 4.69) is 53.8 Å². The van der Waals surface area contributed by atoms with Gasteiger partial charge < -0.3 is 0 Å². The summed E-state index contributed by atoms with van der Waals surface area (Å²) in [5.74, 6) is 0. The van der Waals surface area contributed by atoms with Crippen LogP contribution in [0.25, 0.3) is 0 Å². The Kier molecular flexibility index (Phi) is 15.0. The number of hydrogen-bond acceptors (Lipinski definition) is 2. The van der Waals surface area contributed by atoms with Gasteiger partial charge in [-0.05, 0) is 47.1 Å². The summed E-state index contributed by atoms with van der Waals surface area (Å²) in [5.41, 5.74) is 1.53. The molecular weight excluding hydrogens is 439 g/mol. The Balaban J connectivity index is 0.000000922. The second kappa shape index (κ2) is 15.1. The molecule has 0 bridgehead atoms. The van der Waals surface area contributed by atoms with Crippen LogP contribution in [0.3, 0.4) is 0 Å². The van der Waals surface area contributed by atoms with Crippen molar-refractivity contribution in [3.63, 3.8) is 0 Å². The SMILES string of the molecule is CCCCCCCCCCCCc1ccccc1I.O=S(=O)(O)O. The summed E-state index contributed by atoms with van der Waals surface area (Å²) in [5, 5.41) is 0. The highest BCUT2D eigenvalue weighted by Gasteiger charge is 1.98. The molecule has 0 atom stereocenters. The molecule has 1 rings (SSSR count). The Morgan fingerprint density at radius 3 is 1.71 bits per heavy atom. The van der Waals surface area contributed by atoms with Crippen LogP contribution in [-0.2, 0) is 16.8 Å². The van der Waals surface area contributed by atoms with Crippen LogP contribution in [0, 0.1) is 3.57 Å². The molecule has 4 nitrogen and oxygen atoms in total.